The van der Waals surface area contributed by atoms with Crippen LogP contribution in [0.25, 0.3) is 21.9 Å². The van der Waals surface area contributed by atoms with Crippen molar-refractivity contribution in [1.82, 2.24) is 10.2 Å². The maximum absolute atomic E-state index is 13.1. The molecule has 3 aromatic rings. The van der Waals surface area contributed by atoms with E-state index in [2.05, 4.69) is 11.4 Å². The molecule has 2 amide bonds. The maximum atomic E-state index is 13.1. The highest BCUT2D eigenvalue weighted by Crippen LogP contribution is 2.35. The van der Waals surface area contributed by atoms with Gasteiger partial charge < -0.3 is 15.0 Å². The average molecular weight is 449 g/mol. The van der Waals surface area contributed by atoms with Gasteiger partial charge in [0.1, 0.15) is 5.75 Å². The summed E-state index contributed by atoms with van der Waals surface area (Å²) in [4.78, 5) is 26.7. The number of amides is 2. The first-order valence-electron chi connectivity index (χ1n) is 10.9. The lowest BCUT2D eigenvalue weighted by Gasteiger charge is -2.39. The predicted molar refractivity (Wildman–Crippen MR) is 126 cm³/mol. The second-order valence-electron chi connectivity index (χ2n) is 8.74. The van der Waals surface area contributed by atoms with Gasteiger partial charge in [-0.15, -0.1) is 0 Å². The Morgan fingerprint density at radius 2 is 1.75 bits per heavy atom. The van der Waals surface area contributed by atoms with Crippen molar-refractivity contribution in [3.05, 3.63) is 65.2 Å². The number of rotatable bonds is 3. The van der Waals surface area contributed by atoms with Gasteiger partial charge in [0, 0.05) is 41.2 Å². The van der Waals surface area contributed by atoms with Crippen molar-refractivity contribution in [2.75, 3.05) is 20.2 Å². The Balaban J connectivity index is 1.36. The molecular weight excluding hydrogens is 424 g/mol. The van der Waals surface area contributed by atoms with Gasteiger partial charge in [-0.05, 0) is 72.0 Å². The molecule has 0 unspecified atom stereocenters. The molecule has 6 heteroatoms. The summed E-state index contributed by atoms with van der Waals surface area (Å²) in [6.45, 7) is 1.34. The first-order chi connectivity index (χ1) is 15.5. The second kappa shape index (κ2) is 8.14. The van der Waals surface area contributed by atoms with Crippen molar-refractivity contribution in [3.8, 4) is 16.9 Å². The fraction of sp³-hybridized carbons (Fsp3) is 0.308. The van der Waals surface area contributed by atoms with E-state index in [4.69, 9.17) is 16.3 Å². The normalized spacial score (nSPS) is 17.6. The Morgan fingerprint density at radius 1 is 1.00 bits per heavy atom. The minimum atomic E-state index is -0.102. The molecule has 2 fully saturated rings. The van der Waals surface area contributed by atoms with Crippen LogP contribution in [0.4, 0.5) is 0 Å². The smallest absolute Gasteiger partial charge is 0.253 e. The van der Waals surface area contributed by atoms with E-state index in [1.54, 1.807) is 7.11 Å². The molecule has 5 rings (SSSR count). The molecule has 32 heavy (non-hydrogen) atoms. The van der Waals surface area contributed by atoms with Gasteiger partial charge in [-0.3, -0.25) is 9.59 Å². The van der Waals surface area contributed by atoms with Gasteiger partial charge in [0.15, 0.2) is 0 Å². The first-order valence-corrected chi connectivity index (χ1v) is 11.3. The third-order valence-corrected chi connectivity index (χ3v) is 7.04. The van der Waals surface area contributed by atoms with Crippen LogP contribution in [0.15, 0.2) is 54.6 Å². The number of fused-ring (bicyclic) bond motifs is 1. The van der Waals surface area contributed by atoms with E-state index in [0.717, 1.165) is 46.9 Å². The monoisotopic (exact) mass is 448 g/mol. The molecular formula is C26H25ClN2O3. The number of nitrogens with zero attached hydrogens (tertiary/aromatic N) is 1. The molecule has 164 valence electrons. The zero-order valence-electron chi connectivity index (χ0n) is 18.0. The summed E-state index contributed by atoms with van der Waals surface area (Å²) in [5.74, 6) is 0.947. The number of hydrogen-bond acceptors (Lipinski definition) is 3. The van der Waals surface area contributed by atoms with Crippen LogP contribution in [0, 0.1) is 0 Å². The van der Waals surface area contributed by atoms with Crippen LogP contribution < -0.4 is 10.1 Å². The van der Waals surface area contributed by atoms with Crippen molar-refractivity contribution < 1.29 is 14.3 Å². The highest BCUT2D eigenvalue weighted by atomic mass is 35.5. The van der Waals surface area contributed by atoms with Gasteiger partial charge in [0.05, 0.1) is 7.11 Å². The summed E-state index contributed by atoms with van der Waals surface area (Å²) in [5, 5.41) is 5.84. The van der Waals surface area contributed by atoms with Gasteiger partial charge in [-0.25, -0.2) is 0 Å². The molecule has 2 heterocycles. The Bertz CT molecular complexity index is 1210. The number of ether oxygens (including phenoxy) is 1. The molecule has 0 bridgehead atoms. The predicted octanol–water partition coefficient (Wildman–Crippen LogP) is 5.05. The van der Waals surface area contributed by atoms with Gasteiger partial charge >= 0.3 is 0 Å². The number of hydrogen-bond donors (Lipinski definition) is 1. The van der Waals surface area contributed by atoms with E-state index >= 15 is 0 Å². The molecule has 3 aromatic carbocycles. The number of benzene rings is 3. The van der Waals surface area contributed by atoms with Gasteiger partial charge in [-0.1, -0.05) is 29.8 Å². The largest absolute Gasteiger partial charge is 0.496 e. The summed E-state index contributed by atoms with van der Waals surface area (Å²) in [6.07, 6.45) is 3.12. The number of likely N-dealkylation sites (tertiary alicyclic amines) is 1. The lowest BCUT2D eigenvalue weighted by Crippen LogP contribution is -2.52. The Hall–Kier alpha value is -3.05. The lowest BCUT2D eigenvalue weighted by atomic mass is 9.86. The van der Waals surface area contributed by atoms with Gasteiger partial charge in [0.2, 0.25) is 5.91 Å². The quantitative estimate of drug-likeness (QED) is 0.609. The number of carbonyl (C=O) groups excluding carboxylic acids is 2. The molecule has 1 spiro atoms. The number of methoxy groups -OCH3 is 1. The number of carbonyl (C=O) groups is 2. The second-order valence-corrected chi connectivity index (χ2v) is 9.18. The molecule has 0 radical (unpaired) electrons. The van der Waals surface area contributed by atoms with Gasteiger partial charge in [-0.2, -0.15) is 0 Å². The van der Waals surface area contributed by atoms with Crippen molar-refractivity contribution in [2.45, 2.75) is 31.2 Å². The standard InChI is InChI=1S/C26H25ClN2O3/c1-32-23-7-6-21(27)16-22(23)19-4-2-18-15-20(5-3-17(18)14-19)25(31)29-12-10-26(11-13-29)9-8-24(30)28-26/h2-7,14-16H,8-13H2,1H3,(H,28,30). The molecule has 1 N–H and O–H groups in total. The van der Waals surface area contributed by atoms with Crippen LogP contribution in [0.5, 0.6) is 5.75 Å². The minimum Gasteiger partial charge on any atom is -0.496 e. The van der Waals surface area contributed by atoms with E-state index in [1.165, 1.54) is 0 Å². The third kappa shape index (κ3) is 3.82. The Kier molecular flexibility index (Phi) is 5.30. The zero-order chi connectivity index (χ0) is 22.3. The molecule has 2 aliphatic rings. The van der Waals surface area contributed by atoms with E-state index in [0.29, 0.717) is 30.1 Å². The summed E-state index contributed by atoms with van der Waals surface area (Å²) in [5.41, 5.74) is 2.53. The maximum Gasteiger partial charge on any atom is 0.253 e. The number of halogens is 1. The topological polar surface area (TPSA) is 58.6 Å². The summed E-state index contributed by atoms with van der Waals surface area (Å²) < 4.78 is 5.49. The van der Waals surface area contributed by atoms with Crippen LogP contribution in [0.2, 0.25) is 5.02 Å². The Labute approximate surface area is 192 Å². The van der Waals surface area contributed by atoms with Crippen molar-refractivity contribution in [3.63, 3.8) is 0 Å². The average Bonchev–Trinajstić information content (AvgIpc) is 3.18. The molecule has 5 nitrogen and oxygen atoms in total. The van der Waals surface area contributed by atoms with Crippen LogP contribution in [-0.2, 0) is 4.79 Å². The lowest BCUT2D eigenvalue weighted by molar-refractivity contribution is -0.120. The highest BCUT2D eigenvalue weighted by molar-refractivity contribution is 6.31. The van der Waals surface area contributed by atoms with Crippen molar-refractivity contribution in [2.24, 2.45) is 0 Å². The Morgan fingerprint density at radius 3 is 2.47 bits per heavy atom. The number of nitrogens with one attached hydrogen (secondary N) is 1. The molecule has 0 aromatic heterocycles. The van der Waals surface area contributed by atoms with Crippen LogP contribution in [0.3, 0.4) is 0 Å². The van der Waals surface area contributed by atoms with E-state index in [9.17, 15) is 9.59 Å². The zero-order valence-corrected chi connectivity index (χ0v) is 18.7. The van der Waals surface area contributed by atoms with Crippen molar-refractivity contribution in [1.29, 1.82) is 0 Å². The molecule has 0 saturated carbocycles. The molecule has 2 saturated heterocycles. The van der Waals surface area contributed by atoms with E-state index in [1.807, 2.05) is 53.4 Å². The molecule has 0 aliphatic carbocycles. The summed E-state index contributed by atoms with van der Waals surface area (Å²) >= 11 is 6.20. The fourth-order valence-electron chi connectivity index (χ4n) is 4.92. The van der Waals surface area contributed by atoms with E-state index < -0.39 is 0 Å². The fourth-order valence-corrected chi connectivity index (χ4v) is 5.09. The first kappa shape index (κ1) is 20.8. The summed E-state index contributed by atoms with van der Waals surface area (Å²) in [7, 11) is 1.65. The molecule has 0 atom stereocenters. The third-order valence-electron chi connectivity index (χ3n) is 6.80. The van der Waals surface area contributed by atoms with Crippen LogP contribution in [-0.4, -0.2) is 42.5 Å². The highest BCUT2D eigenvalue weighted by Gasteiger charge is 2.41. The van der Waals surface area contributed by atoms with Gasteiger partial charge in [0.25, 0.3) is 5.91 Å². The van der Waals surface area contributed by atoms with Crippen LogP contribution >= 0.6 is 11.6 Å². The SMILES string of the molecule is COc1ccc(Cl)cc1-c1ccc2cc(C(=O)N3CCC4(CCC(=O)N4)CC3)ccc2c1. The van der Waals surface area contributed by atoms with E-state index in [-0.39, 0.29) is 17.4 Å². The minimum absolute atomic E-state index is 0.0478. The van der Waals surface area contributed by atoms with Crippen molar-refractivity contribution >= 4 is 34.2 Å². The van der Waals surface area contributed by atoms with Crippen LogP contribution in [0.1, 0.15) is 36.0 Å². The number of piperidine rings is 1. The summed E-state index contributed by atoms with van der Waals surface area (Å²) in [6, 6.07) is 17.6. The molecule has 2 aliphatic heterocycles.